The van der Waals surface area contributed by atoms with Gasteiger partial charge >= 0.3 is 0 Å². The Balaban J connectivity index is 1.13. The summed E-state index contributed by atoms with van der Waals surface area (Å²) in [5.41, 5.74) is 10.4. The molecule has 0 amide bonds. The van der Waals surface area contributed by atoms with E-state index in [-0.39, 0.29) is 18.2 Å². The van der Waals surface area contributed by atoms with Crippen molar-refractivity contribution in [1.29, 1.82) is 0 Å². The van der Waals surface area contributed by atoms with Crippen LogP contribution in [0.4, 0.5) is 17.1 Å². The van der Waals surface area contributed by atoms with Crippen LogP contribution in [0.3, 0.4) is 0 Å². The molecule has 0 saturated carbocycles. The van der Waals surface area contributed by atoms with Gasteiger partial charge in [0, 0.05) is 24.7 Å². The van der Waals surface area contributed by atoms with Gasteiger partial charge in [-0.15, -0.1) is 0 Å². The molecule has 0 radical (unpaired) electrons. The van der Waals surface area contributed by atoms with Gasteiger partial charge in [0.1, 0.15) is 12.3 Å². The van der Waals surface area contributed by atoms with E-state index in [2.05, 4.69) is 166 Å². The predicted molar refractivity (Wildman–Crippen MR) is 191 cm³/mol. The van der Waals surface area contributed by atoms with Gasteiger partial charge in [-0.3, -0.25) is 9.89 Å². The molecule has 0 aromatic heterocycles. The van der Waals surface area contributed by atoms with E-state index in [4.69, 9.17) is 9.98 Å². The topological polar surface area (TPSA) is 58.5 Å². The first-order chi connectivity index (χ1) is 23.3. The highest BCUT2D eigenvalue weighted by Gasteiger charge is 2.43. The first-order valence-corrected chi connectivity index (χ1v) is 16.3. The van der Waals surface area contributed by atoms with Crippen LogP contribution in [0.25, 0.3) is 5.70 Å². The highest BCUT2D eigenvalue weighted by Crippen LogP contribution is 2.50. The molecule has 7 heteroatoms. The number of hydrogen-bond acceptors (Lipinski definition) is 7. The second-order valence-electron chi connectivity index (χ2n) is 12.4. The van der Waals surface area contributed by atoms with Crippen LogP contribution in [0.5, 0.6) is 0 Å². The zero-order valence-electron chi connectivity index (χ0n) is 26.2. The third-order valence-electron chi connectivity index (χ3n) is 9.64. The molecule has 5 aliphatic rings. The lowest BCUT2D eigenvalue weighted by Crippen LogP contribution is -2.47. The lowest BCUT2D eigenvalue weighted by molar-refractivity contribution is 0.200. The van der Waals surface area contributed by atoms with Crippen LogP contribution in [0.1, 0.15) is 35.4 Å². The van der Waals surface area contributed by atoms with Gasteiger partial charge < -0.3 is 20.4 Å². The molecule has 4 aromatic rings. The molecule has 9 rings (SSSR count). The number of amidine groups is 2. The maximum Gasteiger partial charge on any atom is 0.178 e. The van der Waals surface area contributed by atoms with Gasteiger partial charge in [-0.05, 0) is 35.7 Å². The monoisotopic (exact) mass is 613 g/mol. The van der Waals surface area contributed by atoms with Gasteiger partial charge in [0.05, 0.1) is 40.7 Å². The third-order valence-corrected chi connectivity index (χ3v) is 9.64. The number of anilines is 2. The number of fused-ring (bicyclic) bond motifs is 5. The van der Waals surface area contributed by atoms with Crippen molar-refractivity contribution in [3.63, 3.8) is 0 Å². The van der Waals surface area contributed by atoms with Gasteiger partial charge in [-0.25, -0.2) is 4.99 Å². The fraction of sp³-hybridized carbons (Fsp3) is 0.150. The molecule has 4 heterocycles. The highest BCUT2D eigenvalue weighted by molar-refractivity contribution is 6.47. The summed E-state index contributed by atoms with van der Waals surface area (Å²) < 4.78 is 0. The number of allylic oxidation sites excluding steroid dienone is 4. The lowest BCUT2D eigenvalue weighted by atomic mass is 9.93. The van der Waals surface area contributed by atoms with Gasteiger partial charge in [0.15, 0.2) is 11.7 Å². The number of nitrogens with zero attached hydrogens (tertiary/aromatic N) is 5. The first kappa shape index (κ1) is 27.5. The van der Waals surface area contributed by atoms with E-state index < -0.39 is 0 Å². The zero-order chi connectivity index (χ0) is 31.3. The van der Waals surface area contributed by atoms with Crippen LogP contribution in [0.2, 0.25) is 0 Å². The fourth-order valence-electron chi connectivity index (χ4n) is 7.57. The van der Waals surface area contributed by atoms with E-state index in [1.807, 2.05) is 6.07 Å². The summed E-state index contributed by atoms with van der Waals surface area (Å²) in [6, 6.07) is 38.4. The molecule has 4 aromatic carbocycles. The number of rotatable bonds is 5. The molecule has 0 bridgehead atoms. The van der Waals surface area contributed by atoms with Crippen LogP contribution in [0, 0.1) is 5.92 Å². The molecule has 3 atom stereocenters. The molecule has 47 heavy (non-hydrogen) atoms. The van der Waals surface area contributed by atoms with Crippen LogP contribution in [-0.4, -0.2) is 35.1 Å². The van der Waals surface area contributed by atoms with E-state index in [1.165, 1.54) is 22.5 Å². The minimum atomic E-state index is -0.0465. The quantitative estimate of drug-likeness (QED) is 0.239. The van der Waals surface area contributed by atoms with Crippen LogP contribution < -0.4 is 15.5 Å². The molecule has 2 N–H and O–H groups in total. The van der Waals surface area contributed by atoms with Crippen molar-refractivity contribution in [3.8, 4) is 0 Å². The fourth-order valence-corrected chi connectivity index (χ4v) is 7.57. The number of para-hydroxylation sites is 3. The van der Waals surface area contributed by atoms with E-state index >= 15 is 0 Å². The van der Waals surface area contributed by atoms with Crippen molar-refractivity contribution in [1.82, 2.24) is 15.1 Å². The Bertz CT molecular complexity index is 2040. The number of hydrogen-bond donors (Lipinski definition) is 2. The summed E-state index contributed by atoms with van der Waals surface area (Å²) in [4.78, 5) is 17.6. The standard InChI is InChI=1S/C40H35N7/c1-45-35(27-15-5-2-6-16-27)36(28-17-7-3-8-18-28)46(40(45)29-19-9-4-10-20-29)30-25-41-37(42-26-30)39-43-32-22-12-11-21-31(32)38-44-33-23-13-14-24-34(33)47(38)39/h2-17,19-25,28,38,40,44H,18,26H2,1H3,(H,41,42). The van der Waals surface area contributed by atoms with E-state index in [0.29, 0.717) is 6.54 Å². The summed E-state index contributed by atoms with van der Waals surface area (Å²) in [6.45, 7) is 0.519. The molecular formula is C40H35N7. The minimum Gasteiger partial charge on any atom is -0.359 e. The second-order valence-corrected chi connectivity index (χ2v) is 12.4. The lowest BCUT2D eigenvalue weighted by Gasteiger charge is -2.38. The second kappa shape index (κ2) is 11.2. The van der Waals surface area contributed by atoms with E-state index in [9.17, 15) is 0 Å². The molecule has 7 nitrogen and oxygen atoms in total. The van der Waals surface area contributed by atoms with Crippen molar-refractivity contribution in [2.75, 3.05) is 23.8 Å². The van der Waals surface area contributed by atoms with Crippen LogP contribution in [0.15, 0.2) is 161 Å². The van der Waals surface area contributed by atoms with Crippen LogP contribution in [-0.2, 0) is 0 Å². The van der Waals surface area contributed by atoms with Gasteiger partial charge in [0.2, 0.25) is 0 Å². The summed E-state index contributed by atoms with van der Waals surface area (Å²) in [5.74, 6) is 1.82. The van der Waals surface area contributed by atoms with E-state index in [1.54, 1.807) is 0 Å². The SMILES string of the molecule is CN1C(c2ccccc2)=C(C2C=CC=CC2)N(C2=CNC(C3=Nc4ccccc4C4Nc5ccccc5N34)=NC2)C1c1ccccc1. The third kappa shape index (κ3) is 4.49. The summed E-state index contributed by atoms with van der Waals surface area (Å²) in [6.07, 6.45) is 12.0. The molecule has 0 fully saturated rings. The molecule has 3 unspecified atom stereocenters. The smallest absolute Gasteiger partial charge is 0.178 e. The number of aliphatic imine (C=N–C) groups is 2. The summed E-state index contributed by atoms with van der Waals surface area (Å²) >= 11 is 0. The first-order valence-electron chi connectivity index (χ1n) is 16.3. The number of nitrogens with one attached hydrogen (secondary N) is 2. The maximum absolute atomic E-state index is 5.24. The largest absolute Gasteiger partial charge is 0.359 e. The highest BCUT2D eigenvalue weighted by atomic mass is 15.4. The molecule has 4 aliphatic heterocycles. The Morgan fingerprint density at radius 1 is 0.787 bits per heavy atom. The number of benzene rings is 4. The predicted octanol–water partition coefficient (Wildman–Crippen LogP) is 7.95. The molecule has 1 aliphatic carbocycles. The van der Waals surface area contributed by atoms with Crippen molar-refractivity contribution in [2.24, 2.45) is 15.9 Å². The Labute approximate surface area is 275 Å². The Kier molecular flexibility index (Phi) is 6.56. The van der Waals surface area contributed by atoms with Crippen molar-refractivity contribution in [2.45, 2.75) is 18.8 Å². The van der Waals surface area contributed by atoms with Gasteiger partial charge in [-0.2, -0.15) is 0 Å². The molecular weight excluding hydrogens is 578 g/mol. The van der Waals surface area contributed by atoms with Crippen LogP contribution >= 0.6 is 0 Å². The normalized spacial score (nSPS) is 22.5. The molecule has 0 saturated heterocycles. The maximum atomic E-state index is 5.24. The van der Waals surface area contributed by atoms with Crippen molar-refractivity contribution >= 4 is 34.4 Å². The Morgan fingerprint density at radius 2 is 1.55 bits per heavy atom. The summed E-state index contributed by atoms with van der Waals surface area (Å²) in [7, 11) is 2.22. The average Bonchev–Trinajstić information content (AvgIpc) is 3.68. The molecule has 0 spiro atoms. The zero-order valence-corrected chi connectivity index (χ0v) is 26.2. The van der Waals surface area contributed by atoms with E-state index in [0.717, 1.165) is 46.4 Å². The Morgan fingerprint density at radius 3 is 2.34 bits per heavy atom. The summed E-state index contributed by atoms with van der Waals surface area (Å²) in [5, 5.41) is 7.35. The van der Waals surface area contributed by atoms with Crippen molar-refractivity contribution in [3.05, 3.63) is 168 Å². The van der Waals surface area contributed by atoms with Gasteiger partial charge in [-0.1, -0.05) is 115 Å². The van der Waals surface area contributed by atoms with Crippen molar-refractivity contribution < 1.29 is 0 Å². The average molecular weight is 614 g/mol. The van der Waals surface area contributed by atoms with Gasteiger partial charge in [0.25, 0.3) is 0 Å². The molecule has 230 valence electrons. The minimum absolute atomic E-state index is 0.0246. The Hall–Kier alpha value is -5.82.